The molecule has 2 heterocycles. The fraction of sp³-hybridized carbons (Fsp3) is 0.333. The third-order valence-corrected chi connectivity index (χ3v) is 2.70. The number of carbonyl (C=O) groups excluding carboxylic acids is 1. The monoisotopic (exact) mass is 246 g/mol. The standard InChI is InChI=1S/C12H14N4O2/c1-2-3-4-9-14-6-8-10(17)7(11(13)18)5-15-12(8)16-9/h5-6H,2-4H2,1H3,(H2,13,18)(H,14,15,16,17). The van der Waals surface area contributed by atoms with Crippen LogP contribution in [-0.4, -0.2) is 20.9 Å². The molecule has 0 fully saturated rings. The van der Waals surface area contributed by atoms with Crippen LogP contribution in [0.3, 0.4) is 0 Å². The number of nitrogens with one attached hydrogen (secondary N) is 1. The molecule has 0 aliphatic carbocycles. The van der Waals surface area contributed by atoms with Gasteiger partial charge in [0.2, 0.25) is 5.43 Å². The number of nitrogens with two attached hydrogens (primary N) is 1. The number of unbranched alkanes of at least 4 members (excludes halogenated alkanes) is 1. The highest BCUT2D eigenvalue weighted by molar-refractivity contribution is 5.95. The first-order chi connectivity index (χ1) is 8.63. The molecule has 0 aliphatic heterocycles. The molecule has 0 radical (unpaired) electrons. The number of amides is 1. The van der Waals surface area contributed by atoms with Crippen molar-refractivity contribution in [1.29, 1.82) is 0 Å². The highest BCUT2D eigenvalue weighted by Crippen LogP contribution is 2.06. The number of carbonyl (C=O) groups is 1. The number of rotatable bonds is 4. The molecular weight excluding hydrogens is 232 g/mol. The summed E-state index contributed by atoms with van der Waals surface area (Å²) in [6.45, 7) is 2.09. The van der Waals surface area contributed by atoms with Crippen molar-refractivity contribution >= 4 is 16.9 Å². The zero-order valence-electron chi connectivity index (χ0n) is 10.1. The molecule has 0 atom stereocenters. The first kappa shape index (κ1) is 12.2. The van der Waals surface area contributed by atoms with Crippen molar-refractivity contribution < 1.29 is 4.79 Å². The molecule has 0 aromatic carbocycles. The summed E-state index contributed by atoms with van der Waals surface area (Å²) in [5.41, 5.74) is 5.03. The lowest BCUT2D eigenvalue weighted by molar-refractivity contribution is 0.0999. The van der Waals surface area contributed by atoms with E-state index in [-0.39, 0.29) is 10.9 Å². The SMILES string of the molecule is CCCCc1ncc2c(=O)c(C(N)=O)c[nH]c2n1. The number of aryl methyl sites for hydroxylation is 1. The summed E-state index contributed by atoms with van der Waals surface area (Å²) in [5, 5.41) is 0.284. The van der Waals surface area contributed by atoms with Gasteiger partial charge in [0.25, 0.3) is 5.91 Å². The van der Waals surface area contributed by atoms with Crippen molar-refractivity contribution in [2.75, 3.05) is 0 Å². The Kier molecular flexibility index (Phi) is 3.36. The number of pyridine rings is 1. The first-order valence-corrected chi connectivity index (χ1v) is 5.80. The normalized spacial score (nSPS) is 10.7. The summed E-state index contributed by atoms with van der Waals surface area (Å²) in [5.74, 6) is -0.0694. The highest BCUT2D eigenvalue weighted by atomic mass is 16.2. The lowest BCUT2D eigenvalue weighted by Crippen LogP contribution is -2.22. The molecule has 2 rings (SSSR count). The van der Waals surface area contributed by atoms with Crippen molar-refractivity contribution in [1.82, 2.24) is 15.0 Å². The van der Waals surface area contributed by atoms with Gasteiger partial charge in [-0.3, -0.25) is 9.59 Å². The molecule has 0 aliphatic rings. The predicted molar refractivity (Wildman–Crippen MR) is 67.3 cm³/mol. The topological polar surface area (TPSA) is 102 Å². The molecule has 18 heavy (non-hydrogen) atoms. The van der Waals surface area contributed by atoms with Gasteiger partial charge in [0.15, 0.2) is 0 Å². The molecule has 2 aromatic rings. The minimum Gasteiger partial charge on any atom is -0.365 e. The first-order valence-electron chi connectivity index (χ1n) is 5.80. The number of hydrogen-bond donors (Lipinski definition) is 2. The van der Waals surface area contributed by atoms with Crippen LogP contribution in [0.25, 0.3) is 11.0 Å². The maximum Gasteiger partial charge on any atom is 0.254 e. The third kappa shape index (κ3) is 2.22. The molecular formula is C12H14N4O2. The number of hydrogen-bond acceptors (Lipinski definition) is 4. The summed E-state index contributed by atoms with van der Waals surface area (Å²) in [4.78, 5) is 34.1. The van der Waals surface area contributed by atoms with Gasteiger partial charge in [-0.25, -0.2) is 9.97 Å². The fourth-order valence-corrected chi connectivity index (χ4v) is 1.68. The third-order valence-electron chi connectivity index (χ3n) is 2.70. The second-order valence-electron chi connectivity index (χ2n) is 4.05. The van der Waals surface area contributed by atoms with Gasteiger partial charge in [0, 0.05) is 18.8 Å². The molecule has 3 N–H and O–H groups in total. The predicted octanol–water partition coefficient (Wildman–Crippen LogP) is 0.760. The number of H-pyrrole nitrogens is 1. The lowest BCUT2D eigenvalue weighted by Gasteiger charge is -2.02. The van der Waals surface area contributed by atoms with E-state index in [1.54, 1.807) is 0 Å². The van der Waals surface area contributed by atoms with Gasteiger partial charge in [0.05, 0.1) is 5.39 Å². The van der Waals surface area contributed by atoms with Crippen molar-refractivity contribution in [2.24, 2.45) is 5.73 Å². The molecule has 0 saturated heterocycles. The largest absolute Gasteiger partial charge is 0.365 e. The van der Waals surface area contributed by atoms with Gasteiger partial charge in [-0.1, -0.05) is 13.3 Å². The minimum atomic E-state index is -0.756. The average molecular weight is 246 g/mol. The zero-order chi connectivity index (χ0) is 13.1. The van der Waals surface area contributed by atoms with E-state index in [0.717, 1.165) is 19.3 Å². The van der Waals surface area contributed by atoms with E-state index in [2.05, 4.69) is 21.9 Å². The number of aromatic nitrogens is 3. The molecule has 0 saturated carbocycles. The maximum absolute atomic E-state index is 11.9. The van der Waals surface area contributed by atoms with Gasteiger partial charge < -0.3 is 10.7 Å². The Labute approximate surface area is 103 Å². The Morgan fingerprint density at radius 3 is 2.94 bits per heavy atom. The van der Waals surface area contributed by atoms with Crippen LogP contribution in [0.4, 0.5) is 0 Å². The molecule has 94 valence electrons. The van der Waals surface area contributed by atoms with Crippen molar-refractivity contribution in [2.45, 2.75) is 26.2 Å². The molecule has 2 aromatic heterocycles. The minimum absolute atomic E-state index is 0.0765. The van der Waals surface area contributed by atoms with Gasteiger partial charge in [-0.2, -0.15) is 0 Å². The van der Waals surface area contributed by atoms with Gasteiger partial charge in [0.1, 0.15) is 17.0 Å². The number of fused-ring (bicyclic) bond motifs is 1. The van der Waals surface area contributed by atoms with Crippen LogP contribution in [-0.2, 0) is 6.42 Å². The van der Waals surface area contributed by atoms with Gasteiger partial charge in [-0.05, 0) is 6.42 Å². The van der Waals surface area contributed by atoms with E-state index in [4.69, 9.17) is 5.73 Å². The van der Waals surface area contributed by atoms with E-state index in [1.807, 2.05) is 0 Å². The van der Waals surface area contributed by atoms with E-state index >= 15 is 0 Å². The smallest absolute Gasteiger partial charge is 0.254 e. The Bertz CT molecular complexity index is 648. The van der Waals surface area contributed by atoms with Crippen LogP contribution >= 0.6 is 0 Å². The number of primary amides is 1. The molecule has 0 unspecified atom stereocenters. The Morgan fingerprint density at radius 1 is 1.50 bits per heavy atom. The Morgan fingerprint density at radius 2 is 2.28 bits per heavy atom. The van der Waals surface area contributed by atoms with Crippen LogP contribution in [0.5, 0.6) is 0 Å². The summed E-state index contributed by atoms with van der Waals surface area (Å²) in [7, 11) is 0. The average Bonchev–Trinajstić information content (AvgIpc) is 2.36. The van der Waals surface area contributed by atoms with Crippen molar-refractivity contribution in [3.8, 4) is 0 Å². The molecule has 1 amide bonds. The van der Waals surface area contributed by atoms with E-state index < -0.39 is 11.3 Å². The van der Waals surface area contributed by atoms with Crippen LogP contribution in [0.15, 0.2) is 17.2 Å². The van der Waals surface area contributed by atoms with Crippen LogP contribution in [0, 0.1) is 0 Å². The molecule has 0 bridgehead atoms. The van der Waals surface area contributed by atoms with E-state index in [9.17, 15) is 9.59 Å². The van der Waals surface area contributed by atoms with Crippen LogP contribution in [0.1, 0.15) is 35.9 Å². The Hall–Kier alpha value is -2.24. The summed E-state index contributed by atoms with van der Waals surface area (Å²) >= 11 is 0. The van der Waals surface area contributed by atoms with Gasteiger partial charge in [-0.15, -0.1) is 0 Å². The van der Waals surface area contributed by atoms with Crippen LogP contribution < -0.4 is 11.2 Å². The second kappa shape index (κ2) is 4.95. The molecule has 6 nitrogen and oxygen atoms in total. The Balaban J connectivity index is 2.51. The summed E-state index contributed by atoms with van der Waals surface area (Å²) in [6.07, 6.45) is 5.56. The second-order valence-corrected chi connectivity index (χ2v) is 4.05. The van der Waals surface area contributed by atoms with Crippen molar-refractivity contribution in [3.05, 3.63) is 34.0 Å². The van der Waals surface area contributed by atoms with E-state index in [0.29, 0.717) is 11.5 Å². The quantitative estimate of drug-likeness (QED) is 0.831. The molecule has 0 spiro atoms. The van der Waals surface area contributed by atoms with E-state index in [1.165, 1.54) is 12.4 Å². The maximum atomic E-state index is 11.9. The van der Waals surface area contributed by atoms with Crippen molar-refractivity contribution in [3.63, 3.8) is 0 Å². The lowest BCUT2D eigenvalue weighted by atomic mass is 10.2. The zero-order valence-corrected chi connectivity index (χ0v) is 10.1. The van der Waals surface area contributed by atoms with Gasteiger partial charge >= 0.3 is 0 Å². The molecule has 6 heteroatoms. The number of nitrogens with zero attached hydrogens (tertiary/aromatic N) is 2. The summed E-state index contributed by atoms with van der Waals surface area (Å²) in [6, 6.07) is 0. The fourth-order valence-electron chi connectivity index (χ4n) is 1.68. The number of aromatic amines is 1. The highest BCUT2D eigenvalue weighted by Gasteiger charge is 2.11. The summed E-state index contributed by atoms with van der Waals surface area (Å²) < 4.78 is 0. The van der Waals surface area contributed by atoms with Crippen LogP contribution in [0.2, 0.25) is 0 Å².